The van der Waals surface area contributed by atoms with Gasteiger partial charge in [-0.3, -0.25) is 0 Å². The zero-order valence-electron chi connectivity index (χ0n) is 12.7. The zero-order valence-corrected chi connectivity index (χ0v) is 12.7. The van der Waals surface area contributed by atoms with Crippen molar-refractivity contribution in [2.24, 2.45) is 0 Å². The van der Waals surface area contributed by atoms with Crippen LogP contribution in [0.2, 0.25) is 0 Å². The van der Waals surface area contributed by atoms with Gasteiger partial charge in [-0.25, -0.2) is 0 Å². The summed E-state index contributed by atoms with van der Waals surface area (Å²) in [5.74, 6) is 0.0767. The van der Waals surface area contributed by atoms with E-state index in [4.69, 9.17) is 0 Å². The molecule has 0 aliphatic heterocycles. The minimum absolute atomic E-state index is 0.0767. The Bertz CT molecular complexity index is 613. The van der Waals surface area contributed by atoms with E-state index in [2.05, 4.69) is 26.0 Å². The predicted octanol–water partition coefficient (Wildman–Crippen LogP) is 5.78. The van der Waals surface area contributed by atoms with Crippen molar-refractivity contribution in [1.82, 2.24) is 0 Å². The van der Waals surface area contributed by atoms with Gasteiger partial charge in [-0.05, 0) is 55.2 Å². The van der Waals surface area contributed by atoms with Crippen molar-refractivity contribution in [3.05, 3.63) is 69.8 Å². The molecule has 3 heteroatoms. The Morgan fingerprint density at radius 1 is 0.857 bits per heavy atom. The molecule has 0 radical (unpaired) electrons. The first kappa shape index (κ1) is 15.6. The van der Waals surface area contributed by atoms with Crippen molar-refractivity contribution in [3.8, 4) is 0 Å². The molecule has 0 saturated carbocycles. The molecule has 2 aromatic carbocycles. The Kier molecular flexibility index (Phi) is 4.13. The molecule has 21 heavy (non-hydrogen) atoms. The van der Waals surface area contributed by atoms with E-state index in [0.717, 1.165) is 17.7 Å². The third-order valence-electron chi connectivity index (χ3n) is 3.91. The molecule has 1 atom stereocenters. The molecular formula is C18H19F3. The first-order valence-electron chi connectivity index (χ1n) is 6.95. The summed E-state index contributed by atoms with van der Waals surface area (Å²) >= 11 is 0. The van der Waals surface area contributed by atoms with Gasteiger partial charge in [0.15, 0.2) is 0 Å². The Hall–Kier alpha value is -1.77. The van der Waals surface area contributed by atoms with E-state index >= 15 is 0 Å². The monoisotopic (exact) mass is 292 g/mol. The van der Waals surface area contributed by atoms with E-state index in [1.165, 1.54) is 22.3 Å². The normalized spacial score (nSPS) is 13.3. The second kappa shape index (κ2) is 5.55. The van der Waals surface area contributed by atoms with Crippen molar-refractivity contribution in [1.29, 1.82) is 0 Å². The number of hydrogen-bond donors (Lipinski definition) is 0. The van der Waals surface area contributed by atoms with Gasteiger partial charge in [-0.1, -0.05) is 36.8 Å². The van der Waals surface area contributed by atoms with Crippen LogP contribution >= 0.6 is 0 Å². The predicted molar refractivity (Wildman–Crippen MR) is 79.6 cm³/mol. The van der Waals surface area contributed by atoms with Gasteiger partial charge in [0.1, 0.15) is 0 Å². The highest BCUT2D eigenvalue weighted by atomic mass is 19.4. The van der Waals surface area contributed by atoms with Crippen molar-refractivity contribution in [2.75, 3.05) is 0 Å². The highest BCUT2D eigenvalue weighted by molar-refractivity contribution is 5.44. The van der Waals surface area contributed by atoms with Crippen LogP contribution in [0.5, 0.6) is 0 Å². The van der Waals surface area contributed by atoms with Gasteiger partial charge < -0.3 is 0 Å². The Morgan fingerprint density at radius 3 is 1.76 bits per heavy atom. The van der Waals surface area contributed by atoms with Crippen LogP contribution in [-0.2, 0) is 6.18 Å². The summed E-state index contributed by atoms with van der Waals surface area (Å²) in [6.45, 7) is 8.19. The number of halogens is 3. The van der Waals surface area contributed by atoms with E-state index in [1.807, 2.05) is 13.8 Å². The van der Waals surface area contributed by atoms with Crippen LogP contribution < -0.4 is 0 Å². The average molecular weight is 292 g/mol. The minimum Gasteiger partial charge on any atom is -0.166 e. The van der Waals surface area contributed by atoms with E-state index in [1.54, 1.807) is 12.1 Å². The zero-order chi connectivity index (χ0) is 15.8. The molecule has 0 aliphatic rings. The van der Waals surface area contributed by atoms with Crippen LogP contribution in [0.3, 0.4) is 0 Å². The van der Waals surface area contributed by atoms with Crippen LogP contribution in [0.1, 0.15) is 46.2 Å². The Morgan fingerprint density at radius 2 is 1.33 bits per heavy atom. The molecule has 0 aliphatic carbocycles. The van der Waals surface area contributed by atoms with Crippen molar-refractivity contribution < 1.29 is 13.2 Å². The molecule has 0 amide bonds. The second-order valence-corrected chi connectivity index (χ2v) is 5.65. The molecule has 2 rings (SSSR count). The van der Waals surface area contributed by atoms with E-state index in [0.29, 0.717) is 0 Å². The average Bonchev–Trinajstić information content (AvgIpc) is 2.36. The highest BCUT2D eigenvalue weighted by Gasteiger charge is 2.30. The van der Waals surface area contributed by atoms with Crippen LogP contribution in [-0.4, -0.2) is 0 Å². The van der Waals surface area contributed by atoms with Crippen molar-refractivity contribution in [2.45, 2.75) is 39.8 Å². The van der Waals surface area contributed by atoms with Gasteiger partial charge in [0.25, 0.3) is 0 Å². The van der Waals surface area contributed by atoms with Crippen LogP contribution in [0, 0.1) is 20.8 Å². The molecule has 0 saturated heterocycles. The third-order valence-corrected chi connectivity index (χ3v) is 3.91. The largest absolute Gasteiger partial charge is 0.416 e. The molecule has 0 N–H and O–H groups in total. The van der Waals surface area contributed by atoms with Crippen LogP contribution in [0.4, 0.5) is 13.2 Å². The molecular weight excluding hydrogens is 273 g/mol. The number of aryl methyl sites for hydroxylation is 3. The molecule has 112 valence electrons. The van der Waals surface area contributed by atoms with Gasteiger partial charge in [0, 0.05) is 5.92 Å². The third kappa shape index (κ3) is 3.29. The van der Waals surface area contributed by atoms with Crippen molar-refractivity contribution in [3.63, 3.8) is 0 Å². The standard InChI is InChI=1S/C18H19F3/c1-11-9-12(2)17(13(3)10-11)14(4)15-5-7-16(8-6-15)18(19,20)21/h5-10,14H,1-4H3. The first-order chi connectivity index (χ1) is 9.70. The molecule has 0 spiro atoms. The topological polar surface area (TPSA) is 0 Å². The van der Waals surface area contributed by atoms with Gasteiger partial charge in [0.05, 0.1) is 5.56 Å². The van der Waals surface area contributed by atoms with Crippen LogP contribution in [0.15, 0.2) is 36.4 Å². The number of hydrogen-bond acceptors (Lipinski definition) is 0. The van der Waals surface area contributed by atoms with E-state index < -0.39 is 11.7 Å². The highest BCUT2D eigenvalue weighted by Crippen LogP contribution is 2.33. The number of rotatable bonds is 2. The Balaban J connectivity index is 2.39. The quantitative estimate of drug-likeness (QED) is 0.658. The molecule has 0 aromatic heterocycles. The van der Waals surface area contributed by atoms with E-state index in [-0.39, 0.29) is 5.92 Å². The molecule has 1 unspecified atom stereocenters. The summed E-state index contributed by atoms with van der Waals surface area (Å²) in [7, 11) is 0. The summed E-state index contributed by atoms with van der Waals surface area (Å²) in [6.07, 6.45) is -4.28. The lowest BCUT2D eigenvalue weighted by atomic mass is 9.86. The van der Waals surface area contributed by atoms with Gasteiger partial charge in [-0.15, -0.1) is 0 Å². The first-order valence-corrected chi connectivity index (χ1v) is 6.95. The van der Waals surface area contributed by atoms with Crippen molar-refractivity contribution >= 4 is 0 Å². The number of benzene rings is 2. The summed E-state index contributed by atoms with van der Waals surface area (Å²) in [6, 6.07) is 9.69. The lowest BCUT2D eigenvalue weighted by molar-refractivity contribution is -0.137. The second-order valence-electron chi connectivity index (χ2n) is 5.65. The van der Waals surface area contributed by atoms with Gasteiger partial charge >= 0.3 is 6.18 Å². The smallest absolute Gasteiger partial charge is 0.166 e. The SMILES string of the molecule is Cc1cc(C)c(C(C)c2ccc(C(F)(F)F)cc2)c(C)c1. The van der Waals surface area contributed by atoms with E-state index in [9.17, 15) is 13.2 Å². The summed E-state index contributed by atoms with van der Waals surface area (Å²) < 4.78 is 37.8. The minimum atomic E-state index is -4.28. The molecule has 0 nitrogen and oxygen atoms in total. The summed E-state index contributed by atoms with van der Waals surface area (Å²) in [4.78, 5) is 0. The molecule has 0 bridgehead atoms. The molecule has 2 aromatic rings. The Labute approximate surface area is 123 Å². The molecule has 0 fully saturated rings. The maximum absolute atomic E-state index is 12.6. The van der Waals surface area contributed by atoms with Gasteiger partial charge in [-0.2, -0.15) is 13.2 Å². The molecule has 0 heterocycles. The summed E-state index contributed by atoms with van der Waals surface area (Å²) in [5, 5.41) is 0. The van der Waals surface area contributed by atoms with Gasteiger partial charge in [0.2, 0.25) is 0 Å². The summed E-state index contributed by atoms with van der Waals surface area (Å²) in [5.41, 5.74) is 5.06. The maximum atomic E-state index is 12.6. The lowest BCUT2D eigenvalue weighted by Crippen LogP contribution is -2.06. The fourth-order valence-corrected chi connectivity index (χ4v) is 3.00. The fourth-order valence-electron chi connectivity index (χ4n) is 3.00. The lowest BCUT2D eigenvalue weighted by Gasteiger charge is -2.19. The number of alkyl halides is 3. The fraction of sp³-hybridized carbons (Fsp3) is 0.333. The maximum Gasteiger partial charge on any atom is 0.416 e. The van der Waals surface area contributed by atoms with Crippen LogP contribution in [0.25, 0.3) is 0 Å².